The number of hydrogen-bond acceptors (Lipinski definition) is 6. The Bertz CT molecular complexity index is 919. The monoisotopic (exact) mass is 380 g/mol. The predicted octanol–water partition coefficient (Wildman–Crippen LogP) is 3.60. The van der Waals surface area contributed by atoms with Crippen LogP contribution in [0.2, 0.25) is 0 Å². The quantitative estimate of drug-likeness (QED) is 0.749. The molecule has 4 rings (SSSR count). The van der Waals surface area contributed by atoms with Crippen LogP contribution in [0.4, 0.5) is 11.5 Å². The summed E-state index contributed by atoms with van der Waals surface area (Å²) in [7, 11) is 0. The molecule has 0 aliphatic carbocycles. The molecule has 1 aliphatic heterocycles. The molecule has 3 heterocycles. The van der Waals surface area contributed by atoms with Gasteiger partial charge in [0.05, 0.1) is 30.8 Å². The number of nitrogens with one attached hydrogen (secondary N) is 1. The number of morpholine rings is 1. The van der Waals surface area contributed by atoms with Crippen molar-refractivity contribution >= 4 is 28.7 Å². The van der Waals surface area contributed by atoms with E-state index in [4.69, 9.17) is 4.74 Å². The van der Waals surface area contributed by atoms with Crippen LogP contribution in [0.25, 0.3) is 10.6 Å². The molecule has 6 nitrogen and oxygen atoms in total. The topological polar surface area (TPSA) is 67.4 Å². The molecule has 0 atom stereocenters. The van der Waals surface area contributed by atoms with Crippen LogP contribution in [0.15, 0.2) is 48.7 Å². The fourth-order valence-corrected chi connectivity index (χ4v) is 3.92. The number of ether oxygens (including phenoxy) is 1. The number of aromatic nitrogens is 2. The van der Waals surface area contributed by atoms with Crippen LogP contribution < -0.4 is 10.2 Å². The van der Waals surface area contributed by atoms with Crippen LogP contribution >= 0.6 is 11.3 Å². The standard InChI is InChI=1S/C20H20N4O2S/c1-14-18(27-20(22-14)15-5-3-2-4-6-15)19(25)23-17-8-7-16(13-21-17)24-9-11-26-12-10-24/h2-8,13H,9-12H2,1H3,(H,21,23,25). The zero-order valence-electron chi connectivity index (χ0n) is 15.0. The molecular formula is C20H20N4O2S. The van der Waals surface area contributed by atoms with E-state index in [1.54, 1.807) is 6.20 Å². The Morgan fingerprint density at radius 1 is 1.15 bits per heavy atom. The van der Waals surface area contributed by atoms with Crippen molar-refractivity contribution < 1.29 is 9.53 Å². The lowest BCUT2D eigenvalue weighted by Gasteiger charge is -2.28. The van der Waals surface area contributed by atoms with Crippen molar-refractivity contribution in [3.05, 3.63) is 59.2 Å². The zero-order chi connectivity index (χ0) is 18.6. The molecule has 1 saturated heterocycles. The molecule has 27 heavy (non-hydrogen) atoms. The normalized spacial score (nSPS) is 14.2. The smallest absolute Gasteiger partial charge is 0.268 e. The van der Waals surface area contributed by atoms with E-state index in [9.17, 15) is 4.79 Å². The second-order valence-corrected chi connectivity index (χ2v) is 7.25. The Balaban J connectivity index is 1.47. The van der Waals surface area contributed by atoms with Crippen LogP contribution in [0.3, 0.4) is 0 Å². The van der Waals surface area contributed by atoms with E-state index in [2.05, 4.69) is 20.2 Å². The van der Waals surface area contributed by atoms with Crippen LogP contribution in [0, 0.1) is 6.92 Å². The van der Waals surface area contributed by atoms with E-state index < -0.39 is 0 Å². The van der Waals surface area contributed by atoms with Gasteiger partial charge in [-0.3, -0.25) is 4.79 Å². The van der Waals surface area contributed by atoms with Gasteiger partial charge in [-0.2, -0.15) is 0 Å². The summed E-state index contributed by atoms with van der Waals surface area (Å²) in [4.78, 5) is 24.4. The number of rotatable bonds is 4. The molecule has 1 aromatic carbocycles. The van der Waals surface area contributed by atoms with Gasteiger partial charge in [0.1, 0.15) is 15.7 Å². The Morgan fingerprint density at radius 2 is 1.93 bits per heavy atom. The number of nitrogens with zero attached hydrogens (tertiary/aromatic N) is 3. The lowest BCUT2D eigenvalue weighted by atomic mass is 10.2. The summed E-state index contributed by atoms with van der Waals surface area (Å²) in [6.45, 7) is 5.03. The Hall–Kier alpha value is -2.77. The van der Waals surface area contributed by atoms with Gasteiger partial charge in [-0.1, -0.05) is 30.3 Å². The van der Waals surface area contributed by atoms with E-state index in [0.717, 1.165) is 48.3 Å². The molecule has 138 valence electrons. The largest absolute Gasteiger partial charge is 0.378 e. The molecule has 0 unspecified atom stereocenters. The lowest BCUT2D eigenvalue weighted by Crippen LogP contribution is -2.36. The molecule has 1 fully saturated rings. The van der Waals surface area contributed by atoms with Crippen molar-refractivity contribution in [1.29, 1.82) is 0 Å². The van der Waals surface area contributed by atoms with Crippen LogP contribution in [0.1, 0.15) is 15.4 Å². The maximum atomic E-state index is 12.7. The van der Waals surface area contributed by atoms with Gasteiger partial charge in [-0.05, 0) is 19.1 Å². The number of aryl methyl sites for hydroxylation is 1. The maximum Gasteiger partial charge on any atom is 0.268 e. The molecule has 0 spiro atoms. The first-order chi connectivity index (χ1) is 13.2. The number of thiazole rings is 1. The minimum absolute atomic E-state index is 0.182. The van der Waals surface area contributed by atoms with Crippen molar-refractivity contribution in [2.75, 3.05) is 36.5 Å². The molecule has 0 radical (unpaired) electrons. The predicted molar refractivity (Wildman–Crippen MR) is 108 cm³/mol. The lowest BCUT2D eigenvalue weighted by molar-refractivity contribution is 0.102. The first kappa shape index (κ1) is 17.6. The van der Waals surface area contributed by atoms with E-state index >= 15 is 0 Å². The van der Waals surface area contributed by atoms with E-state index in [1.807, 2.05) is 49.4 Å². The van der Waals surface area contributed by atoms with Gasteiger partial charge in [0.25, 0.3) is 5.91 Å². The number of pyridine rings is 1. The number of benzene rings is 1. The highest BCUT2D eigenvalue weighted by Crippen LogP contribution is 2.28. The molecule has 1 N–H and O–H groups in total. The summed E-state index contributed by atoms with van der Waals surface area (Å²) in [6.07, 6.45) is 1.79. The van der Waals surface area contributed by atoms with Crippen LogP contribution in [-0.4, -0.2) is 42.2 Å². The molecule has 1 amide bonds. The fourth-order valence-electron chi connectivity index (χ4n) is 2.95. The van der Waals surface area contributed by atoms with Gasteiger partial charge in [-0.25, -0.2) is 9.97 Å². The minimum Gasteiger partial charge on any atom is -0.378 e. The number of carbonyl (C=O) groups excluding carboxylic acids is 1. The summed E-state index contributed by atoms with van der Waals surface area (Å²) in [5.74, 6) is 0.352. The Labute approximate surface area is 161 Å². The summed E-state index contributed by atoms with van der Waals surface area (Å²) >= 11 is 1.39. The maximum absolute atomic E-state index is 12.7. The van der Waals surface area contributed by atoms with Crippen molar-refractivity contribution in [1.82, 2.24) is 9.97 Å². The summed E-state index contributed by atoms with van der Waals surface area (Å²) in [5, 5.41) is 3.71. The van der Waals surface area contributed by atoms with Gasteiger partial charge >= 0.3 is 0 Å². The molecule has 0 bridgehead atoms. The van der Waals surface area contributed by atoms with Crippen molar-refractivity contribution in [3.63, 3.8) is 0 Å². The second-order valence-electron chi connectivity index (χ2n) is 6.25. The average molecular weight is 380 g/mol. The summed E-state index contributed by atoms with van der Waals surface area (Å²) in [5.41, 5.74) is 2.77. The average Bonchev–Trinajstić information content (AvgIpc) is 3.12. The Morgan fingerprint density at radius 3 is 2.63 bits per heavy atom. The molecule has 1 aliphatic rings. The van der Waals surface area contributed by atoms with Gasteiger partial charge in [-0.15, -0.1) is 11.3 Å². The van der Waals surface area contributed by atoms with Gasteiger partial charge in [0.15, 0.2) is 0 Å². The zero-order valence-corrected chi connectivity index (χ0v) is 15.8. The third-order valence-corrected chi connectivity index (χ3v) is 5.59. The van der Waals surface area contributed by atoms with Gasteiger partial charge in [0, 0.05) is 18.7 Å². The highest BCUT2D eigenvalue weighted by Gasteiger charge is 2.17. The second kappa shape index (κ2) is 7.85. The highest BCUT2D eigenvalue weighted by molar-refractivity contribution is 7.17. The van der Waals surface area contributed by atoms with Crippen molar-refractivity contribution in [2.24, 2.45) is 0 Å². The van der Waals surface area contributed by atoms with E-state index in [-0.39, 0.29) is 5.91 Å². The summed E-state index contributed by atoms with van der Waals surface area (Å²) in [6, 6.07) is 13.7. The van der Waals surface area contributed by atoms with E-state index in [0.29, 0.717) is 10.7 Å². The minimum atomic E-state index is -0.182. The number of amides is 1. The van der Waals surface area contributed by atoms with Crippen LogP contribution in [0.5, 0.6) is 0 Å². The first-order valence-corrected chi connectivity index (χ1v) is 9.65. The highest BCUT2D eigenvalue weighted by atomic mass is 32.1. The van der Waals surface area contributed by atoms with E-state index in [1.165, 1.54) is 11.3 Å². The molecule has 2 aromatic heterocycles. The SMILES string of the molecule is Cc1nc(-c2ccccc2)sc1C(=O)Nc1ccc(N2CCOCC2)cn1. The molecular weight excluding hydrogens is 360 g/mol. The third-order valence-electron chi connectivity index (χ3n) is 4.39. The summed E-state index contributed by atoms with van der Waals surface area (Å²) < 4.78 is 5.37. The Kier molecular flexibility index (Phi) is 5.13. The number of hydrogen-bond donors (Lipinski definition) is 1. The number of carbonyl (C=O) groups is 1. The molecule has 0 saturated carbocycles. The van der Waals surface area contributed by atoms with Crippen molar-refractivity contribution in [3.8, 4) is 10.6 Å². The van der Waals surface area contributed by atoms with Gasteiger partial charge < -0.3 is 15.0 Å². The molecule has 7 heteroatoms. The fraction of sp³-hybridized carbons (Fsp3) is 0.250. The first-order valence-electron chi connectivity index (χ1n) is 8.83. The van der Waals surface area contributed by atoms with Crippen LogP contribution in [-0.2, 0) is 4.74 Å². The molecule has 3 aromatic rings. The third kappa shape index (κ3) is 3.99. The number of anilines is 2. The van der Waals surface area contributed by atoms with Crippen molar-refractivity contribution in [2.45, 2.75) is 6.92 Å². The van der Waals surface area contributed by atoms with Gasteiger partial charge in [0.2, 0.25) is 0 Å².